The van der Waals surface area contributed by atoms with Gasteiger partial charge < -0.3 is 35.5 Å². The quantitative estimate of drug-likeness (QED) is 0.0325. The molecular formula is C56H53F18N3O8PdS. The van der Waals surface area contributed by atoms with Crippen LogP contribution in [0, 0.1) is 13.8 Å². The summed E-state index contributed by atoms with van der Waals surface area (Å²) in [5.41, 5.74) is 1.29. The SMILES string of the molecule is C.C.CC(=O)O.CC(=O)O.Cc1ccc(Nc2ccc(C(F)(F)F)cc2)cc1.Cc1ccc2[nH]c3ccc(C(F)(F)F)cc3c2c1.Nc1ccc(C(F)(F)F)cc1.O=S(=O)(Oc1ccc(C(F)(F)F)cc1)C(F)(F)F.Oc1ccc(C(F)(F)F)cc1.[Pd]. The Kier molecular flexibility index (Phi) is 31.3. The first-order chi connectivity index (χ1) is 38.3. The molecule has 1 heterocycles. The van der Waals surface area contributed by atoms with Gasteiger partial charge in [-0.3, -0.25) is 9.59 Å². The number of carboxylic acids is 2. The molecule has 11 nitrogen and oxygen atoms in total. The smallest absolute Gasteiger partial charge is 0.508 e. The van der Waals surface area contributed by atoms with E-state index >= 15 is 0 Å². The molecule has 0 fully saturated rings. The van der Waals surface area contributed by atoms with E-state index in [0.29, 0.717) is 41.0 Å². The third kappa shape index (κ3) is 29.2. The summed E-state index contributed by atoms with van der Waals surface area (Å²) in [7, 11) is -5.88. The van der Waals surface area contributed by atoms with Crippen LogP contribution in [0.25, 0.3) is 21.8 Å². The number of benzene rings is 7. The molecule has 0 unspecified atom stereocenters. The van der Waals surface area contributed by atoms with Crippen molar-refractivity contribution in [2.75, 3.05) is 11.1 Å². The number of phenols is 1. The fraction of sp³-hybridized carbons (Fsp3) is 0.214. The van der Waals surface area contributed by atoms with Gasteiger partial charge in [-0.25, -0.2) is 0 Å². The first kappa shape index (κ1) is 80.9. The van der Waals surface area contributed by atoms with E-state index in [9.17, 15) is 87.4 Å². The van der Waals surface area contributed by atoms with Crippen LogP contribution in [0.3, 0.4) is 0 Å². The fourth-order valence-corrected chi connectivity index (χ4v) is 6.39. The van der Waals surface area contributed by atoms with Crippen LogP contribution in [-0.4, -0.2) is 46.2 Å². The van der Waals surface area contributed by atoms with Crippen LogP contribution < -0.4 is 15.2 Å². The van der Waals surface area contributed by atoms with Gasteiger partial charge in [0.25, 0.3) is 11.9 Å². The van der Waals surface area contributed by atoms with Gasteiger partial charge in [0.15, 0.2) is 0 Å². The van der Waals surface area contributed by atoms with E-state index in [1.807, 2.05) is 56.3 Å². The van der Waals surface area contributed by atoms with Gasteiger partial charge in [0, 0.05) is 73.1 Å². The summed E-state index contributed by atoms with van der Waals surface area (Å²) in [6, 6.07) is 31.9. The molecule has 0 saturated carbocycles. The number of H-pyrrole nitrogens is 1. The average molecular weight is 1380 g/mol. The van der Waals surface area contributed by atoms with Gasteiger partial charge in [-0.1, -0.05) is 44.2 Å². The van der Waals surface area contributed by atoms with Gasteiger partial charge in [0.05, 0.1) is 27.8 Å². The zero-order chi connectivity index (χ0) is 64.4. The average Bonchev–Trinajstić information content (AvgIpc) is 1.91. The molecule has 0 bridgehead atoms. The predicted molar refractivity (Wildman–Crippen MR) is 288 cm³/mol. The third-order valence-corrected chi connectivity index (χ3v) is 10.7. The summed E-state index contributed by atoms with van der Waals surface area (Å²) in [6.07, 6.45) is -21.9. The van der Waals surface area contributed by atoms with Gasteiger partial charge in [0.1, 0.15) is 11.5 Å². The van der Waals surface area contributed by atoms with Crippen molar-refractivity contribution in [2.45, 2.75) is 78.9 Å². The van der Waals surface area contributed by atoms with E-state index < -0.39 is 92.0 Å². The molecule has 8 aromatic rings. The number of aromatic amines is 1. The molecule has 87 heavy (non-hydrogen) atoms. The van der Waals surface area contributed by atoms with Gasteiger partial charge in [-0.05, 0) is 153 Å². The van der Waals surface area contributed by atoms with Gasteiger partial charge in [-0.2, -0.15) is 87.4 Å². The maximum absolute atomic E-state index is 12.7. The Bertz CT molecular complexity index is 3410. The van der Waals surface area contributed by atoms with E-state index in [-0.39, 0.29) is 41.0 Å². The maximum atomic E-state index is 12.7. The van der Waals surface area contributed by atoms with E-state index in [1.54, 1.807) is 0 Å². The first-order valence-electron chi connectivity index (χ1n) is 22.8. The molecule has 0 saturated heterocycles. The zero-order valence-corrected chi connectivity index (χ0v) is 45.9. The van der Waals surface area contributed by atoms with Gasteiger partial charge in [-0.15, -0.1) is 0 Å². The Hall–Kier alpha value is -8.17. The summed E-state index contributed by atoms with van der Waals surface area (Å²) in [6.45, 7) is 6.06. The van der Waals surface area contributed by atoms with Crippen molar-refractivity contribution in [3.63, 3.8) is 0 Å². The minimum Gasteiger partial charge on any atom is -0.508 e. The Balaban J connectivity index is 0. The van der Waals surface area contributed by atoms with Gasteiger partial charge >= 0.3 is 46.5 Å². The van der Waals surface area contributed by atoms with E-state index in [0.717, 1.165) is 102 Å². The van der Waals surface area contributed by atoms with E-state index in [1.165, 1.54) is 36.4 Å². The minimum atomic E-state index is -5.88. The summed E-state index contributed by atoms with van der Waals surface area (Å²) < 4.78 is 243. The number of hydrogen-bond acceptors (Lipinski definition) is 8. The standard InChI is InChI=1S/C14H10F3N.C14H12F3N.C8H4F6O3S.C7H6F3N.C7H5F3O.2C2H4O2.2CH4.Pd/c1-8-2-4-12-10(6-8)11-7-9(14(15,16)17)3-5-13(11)18-12;1-10-2-6-12(7-3-10)18-13-8-4-11(5-9-13)14(15,16)17;9-7(10,11)5-1-3-6(4-2-5)17-18(15,16)8(12,13)14;2*8-7(9,10)5-1-3-6(11)4-2-5;2*1-2(3)4;;;/h2-7,18H,1H3;2-9,18H,1H3;1-4H;1-4H,11H2;1-4,11H;2*1H3,(H,3,4);2*1H4;. The van der Waals surface area contributed by atoms with Crippen LogP contribution in [0.4, 0.5) is 96.1 Å². The molecule has 0 amide bonds. The number of aromatic nitrogens is 1. The van der Waals surface area contributed by atoms with Crippen molar-refractivity contribution in [2.24, 2.45) is 0 Å². The molecule has 482 valence electrons. The normalized spacial score (nSPS) is 11.2. The van der Waals surface area contributed by atoms with Crippen molar-refractivity contribution in [3.8, 4) is 11.5 Å². The Labute approximate surface area is 499 Å². The van der Waals surface area contributed by atoms with Crippen LogP contribution in [-0.2, 0) is 71.0 Å². The molecule has 0 atom stereocenters. The number of hydrogen-bond donors (Lipinski definition) is 6. The second-order valence-corrected chi connectivity index (χ2v) is 18.2. The topological polar surface area (TPSA) is 192 Å². The molecule has 8 rings (SSSR count). The second kappa shape index (κ2) is 33.7. The van der Waals surface area contributed by atoms with Crippen LogP contribution in [0.2, 0.25) is 0 Å². The number of aryl methyl sites for hydroxylation is 2. The second-order valence-electron chi connectivity index (χ2n) is 16.7. The van der Waals surface area contributed by atoms with Crippen LogP contribution in [0.5, 0.6) is 11.5 Å². The maximum Gasteiger partial charge on any atom is 0.534 e. The molecule has 0 aliphatic heterocycles. The number of carboxylic acid groups (broad SMARTS) is 2. The number of halogens is 18. The van der Waals surface area contributed by atoms with Crippen molar-refractivity contribution >= 4 is 60.9 Å². The minimum absolute atomic E-state index is 0. The number of anilines is 3. The molecule has 31 heteroatoms. The van der Waals surface area contributed by atoms with E-state index in [2.05, 4.69) is 14.5 Å². The number of nitrogens with one attached hydrogen (secondary N) is 2. The van der Waals surface area contributed by atoms with Crippen molar-refractivity contribution in [1.82, 2.24) is 4.98 Å². The number of nitrogens with two attached hydrogens (primary N) is 1. The van der Waals surface area contributed by atoms with Crippen LogP contribution in [0.15, 0.2) is 158 Å². The van der Waals surface area contributed by atoms with Gasteiger partial charge in [0.2, 0.25) is 0 Å². The Morgan fingerprint density at radius 3 is 1.10 bits per heavy atom. The molecular weight excluding hydrogens is 1320 g/mol. The van der Waals surface area contributed by atoms with Crippen molar-refractivity contribution in [1.29, 1.82) is 0 Å². The van der Waals surface area contributed by atoms with Crippen LogP contribution in [0.1, 0.15) is 67.6 Å². The Morgan fingerprint density at radius 2 is 0.747 bits per heavy atom. The number of phenolic OH excluding ortho intramolecular Hbond substituents is 1. The molecule has 0 aliphatic rings. The van der Waals surface area contributed by atoms with Crippen molar-refractivity contribution in [3.05, 3.63) is 197 Å². The number of alkyl halides is 18. The molecule has 0 spiro atoms. The molecule has 1 aromatic heterocycles. The first-order valence-corrected chi connectivity index (χ1v) is 24.2. The largest absolute Gasteiger partial charge is 0.534 e. The monoisotopic (exact) mass is 1380 g/mol. The van der Waals surface area contributed by atoms with Crippen LogP contribution >= 0.6 is 0 Å². The zero-order valence-electron chi connectivity index (χ0n) is 43.5. The predicted octanol–water partition coefficient (Wildman–Crippen LogP) is 18.5. The molecule has 7 aromatic carbocycles. The summed E-state index contributed by atoms with van der Waals surface area (Å²) >= 11 is 0. The number of carbonyl (C=O) groups is 2. The summed E-state index contributed by atoms with van der Waals surface area (Å²) in [4.78, 5) is 21.1. The van der Waals surface area contributed by atoms with Crippen molar-refractivity contribution < 1.29 is 137 Å². The number of aromatic hydroxyl groups is 1. The number of rotatable bonds is 4. The Morgan fingerprint density at radius 1 is 0.460 bits per heavy atom. The molecule has 0 aliphatic carbocycles. The molecule has 0 radical (unpaired) electrons. The van der Waals surface area contributed by atoms with E-state index in [4.69, 9.17) is 30.6 Å². The summed E-state index contributed by atoms with van der Waals surface area (Å²) in [5, 5.41) is 28.0. The summed E-state index contributed by atoms with van der Waals surface area (Å²) in [5.74, 6) is -2.70. The number of aliphatic carboxylic acids is 2. The fourth-order valence-electron chi connectivity index (χ4n) is 5.93. The third-order valence-electron chi connectivity index (χ3n) is 9.74. The number of fused-ring (bicyclic) bond motifs is 3. The molecule has 7 N–H and O–H groups in total. The number of nitrogen functional groups attached to an aromatic ring is 1.